The molecule has 0 saturated heterocycles. The van der Waals surface area contributed by atoms with E-state index in [1.165, 1.54) is 24.3 Å². The quantitative estimate of drug-likeness (QED) is 0.824. The van der Waals surface area contributed by atoms with E-state index in [2.05, 4.69) is 31.6 Å². The van der Waals surface area contributed by atoms with Crippen molar-refractivity contribution < 1.29 is 18.7 Å². The van der Waals surface area contributed by atoms with E-state index in [1.54, 1.807) is 13.0 Å². The number of carbonyl (C=O) groups is 2. The molecule has 2 N–H and O–H groups in total. The maximum absolute atomic E-state index is 13.5. The fourth-order valence-electron chi connectivity index (χ4n) is 2.23. The predicted molar refractivity (Wildman–Crippen MR) is 97.2 cm³/mol. The first-order valence-corrected chi connectivity index (χ1v) is 8.30. The third-order valence-electron chi connectivity index (χ3n) is 3.80. The van der Waals surface area contributed by atoms with E-state index in [-0.39, 0.29) is 11.0 Å². The molecule has 0 aliphatic heterocycles. The lowest BCUT2D eigenvalue weighted by molar-refractivity contribution is -0.128. The van der Waals surface area contributed by atoms with E-state index >= 15 is 0 Å². The zero-order valence-electron chi connectivity index (χ0n) is 15.3. The second kappa shape index (κ2) is 7.99. The lowest BCUT2D eigenvalue weighted by Crippen LogP contribution is -2.47. The van der Waals surface area contributed by atoms with Gasteiger partial charge in [0.1, 0.15) is 11.6 Å². The molecule has 0 aliphatic carbocycles. The molecule has 0 fully saturated rings. The van der Waals surface area contributed by atoms with Crippen molar-refractivity contribution in [2.24, 2.45) is 0 Å². The second-order valence-corrected chi connectivity index (χ2v) is 6.96. The highest BCUT2D eigenvalue weighted by atomic mass is 19.1. The average Bonchev–Trinajstić information content (AvgIpc) is 2.59. The number of halogens is 1. The van der Waals surface area contributed by atoms with Crippen molar-refractivity contribution in [1.29, 1.82) is 0 Å². The molecule has 0 unspecified atom stereocenters. The topological polar surface area (TPSA) is 67.4 Å². The fraction of sp³-hybridized carbons (Fsp3) is 0.300. The molecule has 2 amide bonds. The molecule has 0 aromatic heterocycles. The van der Waals surface area contributed by atoms with Gasteiger partial charge in [-0.25, -0.2) is 4.39 Å². The van der Waals surface area contributed by atoms with Gasteiger partial charge in [0.15, 0.2) is 6.10 Å². The van der Waals surface area contributed by atoms with Crippen LogP contribution in [-0.4, -0.2) is 17.9 Å². The Hall–Kier alpha value is -2.89. The van der Waals surface area contributed by atoms with Gasteiger partial charge in [0.05, 0.1) is 5.56 Å². The van der Waals surface area contributed by atoms with Crippen molar-refractivity contribution in [2.45, 2.75) is 39.2 Å². The van der Waals surface area contributed by atoms with E-state index in [9.17, 15) is 14.0 Å². The van der Waals surface area contributed by atoms with Crippen molar-refractivity contribution in [2.75, 3.05) is 0 Å². The van der Waals surface area contributed by atoms with Crippen molar-refractivity contribution in [1.82, 2.24) is 10.9 Å². The highest BCUT2D eigenvalue weighted by molar-refractivity contribution is 5.95. The van der Waals surface area contributed by atoms with Crippen LogP contribution in [0.3, 0.4) is 0 Å². The monoisotopic (exact) mass is 358 g/mol. The summed E-state index contributed by atoms with van der Waals surface area (Å²) in [5.74, 6) is -1.39. The number of carbonyl (C=O) groups excluding carboxylic acids is 2. The maximum atomic E-state index is 13.5. The molecular formula is C20H23FN2O3. The van der Waals surface area contributed by atoms with E-state index in [1.807, 2.05) is 18.2 Å². The molecule has 0 spiro atoms. The first-order valence-electron chi connectivity index (χ1n) is 8.30. The van der Waals surface area contributed by atoms with Gasteiger partial charge < -0.3 is 4.74 Å². The van der Waals surface area contributed by atoms with Gasteiger partial charge in [-0.3, -0.25) is 20.4 Å². The fourth-order valence-corrected chi connectivity index (χ4v) is 2.23. The Morgan fingerprint density at radius 2 is 1.73 bits per heavy atom. The molecule has 5 nitrogen and oxygen atoms in total. The number of hydrazine groups is 1. The molecule has 0 aliphatic rings. The van der Waals surface area contributed by atoms with Gasteiger partial charge >= 0.3 is 0 Å². The minimum Gasteiger partial charge on any atom is -0.481 e. The SMILES string of the molecule is C[C@@H](Oc1cccc(C(C)(C)C)c1)C(=O)NNC(=O)c1ccccc1F. The summed E-state index contributed by atoms with van der Waals surface area (Å²) >= 11 is 0. The Kier molecular flexibility index (Phi) is 5.97. The Bertz CT molecular complexity index is 800. The summed E-state index contributed by atoms with van der Waals surface area (Å²) < 4.78 is 19.2. The van der Waals surface area contributed by atoms with Gasteiger partial charge in [-0.15, -0.1) is 0 Å². The van der Waals surface area contributed by atoms with Crippen molar-refractivity contribution >= 4 is 11.8 Å². The number of hydrogen-bond acceptors (Lipinski definition) is 3. The van der Waals surface area contributed by atoms with Crippen molar-refractivity contribution in [3.8, 4) is 5.75 Å². The van der Waals surface area contributed by atoms with Crippen LogP contribution in [0.25, 0.3) is 0 Å². The Morgan fingerprint density at radius 3 is 2.38 bits per heavy atom. The van der Waals surface area contributed by atoms with Gasteiger partial charge in [-0.05, 0) is 42.2 Å². The van der Waals surface area contributed by atoms with Gasteiger partial charge in [0.25, 0.3) is 11.8 Å². The summed E-state index contributed by atoms with van der Waals surface area (Å²) in [5, 5.41) is 0. The lowest BCUT2D eigenvalue weighted by atomic mass is 9.87. The molecular weight excluding hydrogens is 335 g/mol. The van der Waals surface area contributed by atoms with Gasteiger partial charge in [0.2, 0.25) is 0 Å². The van der Waals surface area contributed by atoms with E-state index in [0.29, 0.717) is 5.75 Å². The highest BCUT2D eigenvalue weighted by Crippen LogP contribution is 2.26. The number of benzene rings is 2. The maximum Gasteiger partial charge on any atom is 0.279 e. The first-order chi connectivity index (χ1) is 12.2. The molecule has 2 aromatic carbocycles. The van der Waals surface area contributed by atoms with Crippen LogP contribution in [0.15, 0.2) is 48.5 Å². The molecule has 138 valence electrons. The van der Waals surface area contributed by atoms with Crippen molar-refractivity contribution in [3.63, 3.8) is 0 Å². The summed E-state index contributed by atoms with van der Waals surface area (Å²) in [6, 6.07) is 13.0. The van der Waals surface area contributed by atoms with Crippen LogP contribution >= 0.6 is 0 Å². The van der Waals surface area contributed by atoms with Crippen LogP contribution in [0.5, 0.6) is 5.75 Å². The number of ether oxygens (including phenoxy) is 1. The number of hydrogen-bond donors (Lipinski definition) is 2. The van der Waals surface area contributed by atoms with E-state index in [0.717, 1.165) is 5.56 Å². The summed E-state index contributed by atoms with van der Waals surface area (Å²) in [7, 11) is 0. The average molecular weight is 358 g/mol. The van der Waals surface area contributed by atoms with Crippen LogP contribution in [-0.2, 0) is 10.2 Å². The summed E-state index contributed by atoms with van der Waals surface area (Å²) in [4.78, 5) is 24.0. The molecule has 0 saturated carbocycles. The zero-order valence-corrected chi connectivity index (χ0v) is 15.3. The normalized spacial score (nSPS) is 12.2. The minimum atomic E-state index is -0.842. The van der Waals surface area contributed by atoms with E-state index < -0.39 is 23.7 Å². The lowest BCUT2D eigenvalue weighted by Gasteiger charge is -2.21. The highest BCUT2D eigenvalue weighted by Gasteiger charge is 2.19. The smallest absolute Gasteiger partial charge is 0.279 e. The Morgan fingerprint density at radius 1 is 1.04 bits per heavy atom. The third-order valence-corrected chi connectivity index (χ3v) is 3.80. The molecule has 0 bridgehead atoms. The summed E-state index contributed by atoms with van der Waals surface area (Å²) in [6.07, 6.45) is -0.842. The molecule has 2 aromatic rings. The third kappa shape index (κ3) is 5.05. The number of amides is 2. The minimum absolute atomic E-state index is 0.0431. The van der Waals surface area contributed by atoms with Gasteiger partial charge in [-0.1, -0.05) is 45.0 Å². The van der Waals surface area contributed by atoms with Crippen molar-refractivity contribution in [3.05, 3.63) is 65.5 Å². The van der Waals surface area contributed by atoms with E-state index in [4.69, 9.17) is 4.74 Å². The molecule has 0 radical (unpaired) electrons. The second-order valence-electron chi connectivity index (χ2n) is 6.96. The molecule has 26 heavy (non-hydrogen) atoms. The largest absolute Gasteiger partial charge is 0.481 e. The van der Waals surface area contributed by atoms with Crippen LogP contribution in [0.4, 0.5) is 4.39 Å². The number of rotatable bonds is 4. The zero-order chi connectivity index (χ0) is 19.3. The predicted octanol–water partition coefficient (Wildman–Crippen LogP) is 3.35. The van der Waals surface area contributed by atoms with Crippen LogP contribution in [0.1, 0.15) is 43.6 Å². The Labute approximate surface area is 152 Å². The summed E-state index contributed by atoms with van der Waals surface area (Å²) in [6.45, 7) is 7.82. The first kappa shape index (κ1) is 19.4. The molecule has 1 atom stereocenters. The molecule has 2 rings (SSSR count). The standard InChI is InChI=1S/C20H23FN2O3/c1-13(26-15-9-7-8-14(12-15)20(2,3)4)18(24)22-23-19(25)16-10-5-6-11-17(16)21/h5-13H,1-4H3,(H,22,24)(H,23,25)/t13-/m1/s1. The number of nitrogens with one attached hydrogen (secondary N) is 2. The Balaban J connectivity index is 1.94. The summed E-state index contributed by atoms with van der Waals surface area (Å²) in [5.41, 5.74) is 5.31. The molecule has 6 heteroatoms. The van der Waals surface area contributed by atoms with Crippen LogP contribution in [0.2, 0.25) is 0 Å². The molecule has 0 heterocycles. The van der Waals surface area contributed by atoms with Crippen LogP contribution < -0.4 is 15.6 Å². The van der Waals surface area contributed by atoms with Crippen LogP contribution in [0, 0.1) is 5.82 Å². The van der Waals surface area contributed by atoms with Gasteiger partial charge in [-0.2, -0.15) is 0 Å². The van der Waals surface area contributed by atoms with Gasteiger partial charge in [0, 0.05) is 0 Å².